The van der Waals surface area contributed by atoms with Gasteiger partial charge in [-0.2, -0.15) is 0 Å². The van der Waals surface area contributed by atoms with Gasteiger partial charge in [0, 0.05) is 0 Å². The van der Waals surface area contributed by atoms with Crippen molar-refractivity contribution in [2.75, 3.05) is 0 Å². The van der Waals surface area contributed by atoms with Crippen LogP contribution < -0.4 is 5.19 Å². The summed E-state index contributed by atoms with van der Waals surface area (Å²) in [7, 11) is -3.79. The van der Waals surface area contributed by atoms with Gasteiger partial charge in [-0.3, -0.25) is 0 Å². The van der Waals surface area contributed by atoms with Crippen molar-refractivity contribution in [3.63, 3.8) is 0 Å². The predicted molar refractivity (Wildman–Crippen MR) is 174 cm³/mol. The van der Waals surface area contributed by atoms with Crippen LogP contribution in [0.25, 0.3) is 21.7 Å². The van der Waals surface area contributed by atoms with Gasteiger partial charge in [0.05, 0.1) is 0 Å². The third-order valence-corrected chi connectivity index (χ3v) is 16.6. The first-order valence-corrected chi connectivity index (χ1v) is 18.4. The van der Waals surface area contributed by atoms with Gasteiger partial charge in [0.25, 0.3) is 0 Å². The van der Waals surface area contributed by atoms with E-state index in [1.807, 2.05) is 74.4 Å². The number of hydrogen-bond donors (Lipinski definition) is 1. The molecule has 0 amide bonds. The number of nitrogens with zero attached hydrogens (tertiary/aromatic N) is 3. The maximum absolute atomic E-state index is 11.6. The molecule has 5 rings (SSSR count). The number of rotatable bonds is 3. The molecule has 0 saturated heterocycles. The Morgan fingerprint density at radius 3 is 1.86 bits per heavy atom. The van der Waals surface area contributed by atoms with E-state index in [0.717, 1.165) is 33.0 Å². The van der Waals surface area contributed by atoms with Crippen LogP contribution in [-0.4, -0.2) is 34.0 Å². The van der Waals surface area contributed by atoms with Gasteiger partial charge in [0.1, 0.15) is 0 Å². The van der Waals surface area contributed by atoms with Crippen LogP contribution in [0.1, 0.15) is 91.3 Å². The van der Waals surface area contributed by atoms with Crippen molar-refractivity contribution in [2.24, 2.45) is 0 Å². The molecule has 0 aromatic heterocycles. The third kappa shape index (κ3) is 4.74. The molecule has 2 unspecified atom stereocenters. The van der Waals surface area contributed by atoms with Crippen LogP contribution in [0.4, 0.5) is 0 Å². The first-order valence-electron chi connectivity index (χ1n) is 15.0. The molecule has 2 heterocycles. The molecule has 1 N–H and O–H groups in total. The number of hydroxylamine groups is 4. The van der Waals surface area contributed by atoms with Crippen LogP contribution in [0.2, 0.25) is 18.1 Å². The first kappa shape index (κ1) is 31.4. The molecule has 43 heavy (non-hydrogen) atoms. The van der Waals surface area contributed by atoms with E-state index < -0.39 is 30.9 Å². The van der Waals surface area contributed by atoms with E-state index in [9.17, 15) is 5.21 Å². The van der Waals surface area contributed by atoms with Crippen molar-refractivity contribution in [1.82, 2.24) is 10.1 Å². The minimum absolute atomic E-state index is 0.334. The summed E-state index contributed by atoms with van der Waals surface area (Å²) in [5.74, 6) is 0.563. The molecular weight excluding hydrogens is 554 g/mol. The minimum atomic E-state index is -3.79. The Kier molecular flexibility index (Phi) is 7.30. The van der Waals surface area contributed by atoms with E-state index in [0.29, 0.717) is 11.5 Å². The molecule has 2 aliphatic heterocycles. The van der Waals surface area contributed by atoms with Crippen molar-refractivity contribution in [1.29, 1.82) is 0 Å². The molecule has 2 atom stereocenters. The molecule has 0 saturated carbocycles. The Hall–Kier alpha value is -3.03. The van der Waals surface area contributed by atoms with Crippen molar-refractivity contribution in [3.05, 3.63) is 94.5 Å². The van der Waals surface area contributed by atoms with E-state index in [1.165, 1.54) is 5.06 Å². The van der Waals surface area contributed by atoms with Crippen LogP contribution in [0.3, 0.4) is 0 Å². The zero-order chi connectivity index (χ0) is 31.8. The van der Waals surface area contributed by atoms with Gasteiger partial charge in [0.2, 0.25) is 0 Å². The summed E-state index contributed by atoms with van der Waals surface area (Å²) in [5.41, 5.74) is 4.11. The summed E-state index contributed by atoms with van der Waals surface area (Å²) in [6.45, 7) is 31.7. The van der Waals surface area contributed by atoms with Crippen molar-refractivity contribution >= 4 is 18.5 Å². The third-order valence-electron chi connectivity index (χ3n) is 9.62. The summed E-state index contributed by atoms with van der Waals surface area (Å²) in [6, 6.07) is 19.6. The number of benzene rings is 1. The Morgan fingerprint density at radius 1 is 0.837 bits per heavy atom. The zero-order valence-corrected chi connectivity index (χ0v) is 28.4. The second kappa shape index (κ2) is 9.99. The van der Waals surface area contributed by atoms with E-state index in [2.05, 4.69) is 71.6 Å². The van der Waals surface area contributed by atoms with Gasteiger partial charge >= 0.3 is 258 Å². The Balaban J connectivity index is 1.98. The predicted octanol–water partition coefficient (Wildman–Crippen LogP) is 8.78. The summed E-state index contributed by atoms with van der Waals surface area (Å²) in [6.07, 6.45) is -0.878. The van der Waals surface area contributed by atoms with Crippen LogP contribution in [0, 0.1) is 6.57 Å². The van der Waals surface area contributed by atoms with Crippen LogP contribution >= 0.6 is 0 Å². The zero-order valence-electron chi connectivity index (χ0n) is 27.4. The molecule has 1 aromatic carbocycles. The van der Waals surface area contributed by atoms with Gasteiger partial charge < -0.3 is 0 Å². The maximum atomic E-state index is 11.6. The van der Waals surface area contributed by atoms with Gasteiger partial charge in [-0.1, -0.05) is 0 Å². The normalized spacial score (nSPS) is 23.4. The second-order valence-electron chi connectivity index (χ2n) is 15.7. The average Bonchev–Trinajstić information content (AvgIpc) is 3.34. The van der Waals surface area contributed by atoms with Crippen molar-refractivity contribution in [2.45, 2.75) is 104 Å². The summed E-state index contributed by atoms with van der Waals surface area (Å²) in [5, 5.41) is 15.6. The van der Waals surface area contributed by atoms with Crippen LogP contribution in [0.5, 0.6) is 0 Å². The molecule has 0 fully saturated rings. The number of hydrogen-bond acceptors (Lipinski definition) is 6. The van der Waals surface area contributed by atoms with E-state index in [1.54, 1.807) is 0 Å². The molecule has 8 heteroatoms. The van der Waals surface area contributed by atoms with E-state index in [4.69, 9.17) is 20.9 Å². The van der Waals surface area contributed by atoms with Crippen molar-refractivity contribution < 1.29 is 19.5 Å². The van der Waals surface area contributed by atoms with Crippen LogP contribution in [0.15, 0.2) is 66.4 Å². The fourth-order valence-corrected chi connectivity index (χ4v) is 9.72. The monoisotopic (exact) mass is 600 g/mol. The summed E-state index contributed by atoms with van der Waals surface area (Å²) < 4.78 is 6.73. The topological polar surface area (TPSA) is 58.8 Å². The van der Waals surface area contributed by atoms with Gasteiger partial charge in [0.15, 0.2) is 0 Å². The number of fused-ring (bicyclic) bond motifs is 3. The molecule has 2 aliphatic carbocycles. The molecule has 0 bridgehead atoms. The average molecular weight is 601 g/mol. The molecule has 0 radical (unpaired) electrons. The fourth-order valence-electron chi connectivity index (χ4n) is 6.16. The molecule has 230 valence electrons. The van der Waals surface area contributed by atoms with Gasteiger partial charge in [-0.05, 0) is 0 Å². The Morgan fingerprint density at radius 2 is 1.37 bits per heavy atom. The molecule has 0 spiro atoms. The Labute approximate surface area is 257 Å². The van der Waals surface area contributed by atoms with E-state index >= 15 is 0 Å². The molecule has 4 aliphatic rings. The standard InChI is InChI=1S/C35H46N3O4Si/c1-33(2,3)37(39)32-27-25-22-18-14-17-21-24(25)26(31(27)43(11,12,42-41-32)35(7,8)9)29-28(36-10)30(23-19-15-13-16-20-23)40-38(29)34(4,5)6/h13-22,29,32,39H,1-9,11-12H3/q-1. The van der Waals surface area contributed by atoms with Gasteiger partial charge in [-0.25, -0.2) is 0 Å². The second-order valence-corrected chi connectivity index (χ2v) is 22.3. The molecule has 1 aromatic rings. The van der Waals surface area contributed by atoms with Crippen LogP contribution in [-0.2, 0) is 14.3 Å². The SMILES string of the molecule is [C-]#[N+]C1=C(c2ccccc2)ON(C(C)(C)C)C1c1c2cccccc-2c2c1[Si-](C)(C)(C(C)(C)C)OOC2N(O)C(C)(C)C. The quantitative estimate of drug-likeness (QED) is 0.140. The van der Waals surface area contributed by atoms with E-state index in [-0.39, 0.29) is 5.04 Å². The fraction of sp³-hybridized carbons (Fsp3) is 0.457. The summed E-state index contributed by atoms with van der Waals surface area (Å²) >= 11 is 0. The Bertz CT molecular complexity index is 1590. The first-order chi connectivity index (χ1) is 19.8. The van der Waals surface area contributed by atoms with Crippen molar-refractivity contribution in [3.8, 4) is 11.1 Å². The molecule has 7 nitrogen and oxygen atoms in total. The van der Waals surface area contributed by atoms with Gasteiger partial charge in [-0.15, -0.1) is 0 Å². The summed E-state index contributed by atoms with van der Waals surface area (Å²) in [4.78, 5) is 17.2. The molecular formula is C35H46N3O4Si-.